The molecule has 0 atom stereocenters. The summed E-state index contributed by atoms with van der Waals surface area (Å²) in [5, 5.41) is 12.5. The minimum atomic E-state index is -0.562. The molecule has 0 aromatic heterocycles. The van der Waals surface area contributed by atoms with E-state index in [9.17, 15) is 14.7 Å². The number of phenolic OH excluding ortho intramolecular Hbond substituents is 1. The van der Waals surface area contributed by atoms with Gasteiger partial charge in [-0.05, 0) is 36.3 Å². The van der Waals surface area contributed by atoms with Gasteiger partial charge in [0.15, 0.2) is 5.11 Å². The summed E-state index contributed by atoms with van der Waals surface area (Å²) < 4.78 is 0. The average Bonchev–Trinajstić information content (AvgIpc) is 2.51. The van der Waals surface area contributed by atoms with Crippen LogP contribution in [0.3, 0.4) is 0 Å². The van der Waals surface area contributed by atoms with Crippen LogP contribution in [0.1, 0.15) is 11.1 Å². The Morgan fingerprint density at radius 2 is 2.00 bits per heavy atom. The van der Waals surface area contributed by atoms with Crippen LogP contribution in [-0.4, -0.2) is 33.5 Å². The molecule has 1 heterocycles. The summed E-state index contributed by atoms with van der Waals surface area (Å²) in [6, 6.07) is 4.91. The Morgan fingerprint density at radius 1 is 1.26 bits per heavy atom. The number of amides is 2. The van der Waals surface area contributed by atoms with Crippen molar-refractivity contribution in [3.63, 3.8) is 0 Å². The zero-order chi connectivity index (χ0) is 17.0. The van der Waals surface area contributed by atoms with E-state index < -0.39 is 11.8 Å². The largest absolute Gasteiger partial charge is 0.508 e. The molecule has 0 radical (unpaired) electrons. The van der Waals surface area contributed by atoms with Crippen molar-refractivity contribution in [2.45, 2.75) is 6.42 Å². The monoisotopic (exact) mass is 328 g/mol. The molecule has 5 nitrogen and oxygen atoms in total. The number of hydrogen-bond acceptors (Lipinski definition) is 4. The van der Waals surface area contributed by atoms with Crippen LogP contribution in [0.2, 0.25) is 0 Å². The maximum Gasteiger partial charge on any atom is 0.265 e. The van der Waals surface area contributed by atoms with Crippen molar-refractivity contribution >= 4 is 35.2 Å². The number of hydrogen-bond donors (Lipinski definition) is 2. The zero-order valence-electron chi connectivity index (χ0n) is 12.4. The van der Waals surface area contributed by atoms with E-state index in [1.54, 1.807) is 24.3 Å². The summed E-state index contributed by atoms with van der Waals surface area (Å²) >= 11 is 5.00. The van der Waals surface area contributed by atoms with Gasteiger partial charge in [-0.25, -0.2) is 0 Å². The van der Waals surface area contributed by atoms with Crippen LogP contribution in [-0.2, 0) is 16.0 Å². The molecule has 23 heavy (non-hydrogen) atoms. The molecule has 1 aliphatic rings. The Balaban J connectivity index is 2.49. The van der Waals surface area contributed by atoms with E-state index >= 15 is 0 Å². The second-order valence-electron chi connectivity index (χ2n) is 4.86. The van der Waals surface area contributed by atoms with Gasteiger partial charge in [0.1, 0.15) is 11.3 Å². The highest BCUT2D eigenvalue weighted by Gasteiger charge is 2.32. The number of thiocarbonyl (C=S) groups is 1. The van der Waals surface area contributed by atoms with Gasteiger partial charge >= 0.3 is 0 Å². The van der Waals surface area contributed by atoms with Gasteiger partial charge in [0.25, 0.3) is 11.8 Å². The van der Waals surface area contributed by atoms with Crippen molar-refractivity contribution in [1.82, 2.24) is 10.2 Å². The third-order valence-electron chi connectivity index (χ3n) is 3.33. The number of nitrogens with zero attached hydrogens (tertiary/aromatic N) is 1. The van der Waals surface area contributed by atoms with Gasteiger partial charge in [0.05, 0.1) is 0 Å². The van der Waals surface area contributed by atoms with Gasteiger partial charge in [-0.2, -0.15) is 0 Å². The molecular weight excluding hydrogens is 312 g/mol. The number of phenols is 1. The van der Waals surface area contributed by atoms with Crippen LogP contribution < -0.4 is 5.32 Å². The van der Waals surface area contributed by atoms with Gasteiger partial charge in [-0.1, -0.05) is 24.3 Å². The second kappa shape index (κ2) is 7.02. The lowest BCUT2D eigenvalue weighted by molar-refractivity contribution is -0.128. The predicted molar refractivity (Wildman–Crippen MR) is 92.6 cm³/mol. The van der Waals surface area contributed by atoms with Crippen molar-refractivity contribution in [1.29, 1.82) is 0 Å². The van der Waals surface area contributed by atoms with Crippen molar-refractivity contribution in [2.24, 2.45) is 0 Å². The lowest BCUT2D eigenvalue weighted by atomic mass is 9.99. The first kappa shape index (κ1) is 16.6. The van der Waals surface area contributed by atoms with Crippen molar-refractivity contribution < 1.29 is 14.7 Å². The molecule has 1 fully saturated rings. The van der Waals surface area contributed by atoms with Gasteiger partial charge in [-0.3, -0.25) is 19.8 Å². The van der Waals surface area contributed by atoms with E-state index in [0.717, 1.165) is 0 Å². The fourth-order valence-corrected chi connectivity index (χ4v) is 2.49. The Kier molecular flexibility index (Phi) is 5.08. The first-order chi connectivity index (χ1) is 11.0. The summed E-state index contributed by atoms with van der Waals surface area (Å²) in [6.07, 6.45) is 5.03. The lowest BCUT2D eigenvalue weighted by Gasteiger charge is -2.27. The zero-order valence-corrected chi connectivity index (χ0v) is 13.2. The SMILES string of the molecule is C=CCc1c(O)cccc1/C=C1\C(=O)NC(=S)N(CC=C)C1=O. The molecule has 0 saturated carbocycles. The molecule has 1 aromatic rings. The minimum Gasteiger partial charge on any atom is -0.508 e. The molecular formula is C17H16N2O3S. The summed E-state index contributed by atoms with van der Waals surface area (Å²) in [4.78, 5) is 25.8. The topological polar surface area (TPSA) is 69.6 Å². The fourth-order valence-electron chi connectivity index (χ4n) is 2.24. The molecule has 6 heteroatoms. The molecule has 2 N–H and O–H groups in total. The van der Waals surface area contributed by atoms with E-state index in [-0.39, 0.29) is 23.0 Å². The Labute approximate surface area is 139 Å². The lowest BCUT2D eigenvalue weighted by Crippen LogP contribution is -2.53. The number of benzene rings is 1. The highest BCUT2D eigenvalue weighted by Crippen LogP contribution is 2.25. The van der Waals surface area contributed by atoms with Gasteiger partial charge < -0.3 is 5.11 Å². The van der Waals surface area contributed by atoms with Crippen LogP contribution in [0.25, 0.3) is 6.08 Å². The third kappa shape index (κ3) is 3.37. The van der Waals surface area contributed by atoms with E-state index in [1.807, 2.05) is 0 Å². The average molecular weight is 328 g/mol. The fraction of sp³-hybridized carbons (Fsp3) is 0.118. The first-order valence-corrected chi connectivity index (χ1v) is 7.32. The van der Waals surface area contributed by atoms with Crippen LogP contribution in [0.15, 0.2) is 49.1 Å². The molecule has 1 saturated heterocycles. The number of aromatic hydroxyl groups is 1. The Hall–Kier alpha value is -2.73. The first-order valence-electron chi connectivity index (χ1n) is 6.91. The van der Waals surface area contributed by atoms with Crippen LogP contribution in [0.5, 0.6) is 5.75 Å². The maximum absolute atomic E-state index is 12.5. The van der Waals surface area contributed by atoms with Gasteiger partial charge in [0, 0.05) is 12.1 Å². The van der Waals surface area contributed by atoms with Crippen LogP contribution in [0, 0.1) is 0 Å². The number of allylic oxidation sites excluding steroid dienone is 1. The Morgan fingerprint density at radius 3 is 2.65 bits per heavy atom. The molecule has 0 spiro atoms. The summed E-state index contributed by atoms with van der Waals surface area (Å²) in [7, 11) is 0. The second-order valence-corrected chi connectivity index (χ2v) is 5.25. The highest BCUT2D eigenvalue weighted by atomic mass is 32.1. The number of carbonyl (C=O) groups is 2. The van der Waals surface area contributed by atoms with Gasteiger partial charge in [0.2, 0.25) is 0 Å². The minimum absolute atomic E-state index is 0.0450. The van der Waals surface area contributed by atoms with E-state index in [2.05, 4.69) is 18.5 Å². The molecule has 0 aliphatic carbocycles. The molecule has 0 bridgehead atoms. The highest BCUT2D eigenvalue weighted by molar-refractivity contribution is 7.80. The van der Waals surface area contributed by atoms with Gasteiger partial charge in [-0.15, -0.1) is 13.2 Å². The van der Waals surface area contributed by atoms with Crippen molar-refractivity contribution in [3.05, 3.63) is 60.2 Å². The van der Waals surface area contributed by atoms with Crippen molar-refractivity contribution in [2.75, 3.05) is 6.54 Å². The molecule has 1 aromatic carbocycles. The van der Waals surface area contributed by atoms with Crippen LogP contribution in [0.4, 0.5) is 0 Å². The molecule has 0 unspecified atom stereocenters. The number of carbonyl (C=O) groups excluding carboxylic acids is 2. The number of rotatable bonds is 5. The number of nitrogens with one attached hydrogen (secondary N) is 1. The standard InChI is InChI=1S/C17H16N2O3S/c1-3-6-12-11(7-5-8-14(12)20)10-13-15(21)18-17(23)19(9-4-2)16(13)22/h3-5,7-8,10,20H,1-2,6,9H2,(H,18,21,23)/b13-10+. The van der Waals surface area contributed by atoms with E-state index in [0.29, 0.717) is 17.5 Å². The normalized spacial score (nSPS) is 16.4. The molecule has 2 amide bonds. The summed E-state index contributed by atoms with van der Waals surface area (Å²) in [5.74, 6) is -0.971. The van der Waals surface area contributed by atoms with Crippen LogP contribution >= 0.6 is 12.2 Å². The molecule has 1 aliphatic heterocycles. The van der Waals surface area contributed by atoms with E-state index in [4.69, 9.17) is 12.2 Å². The van der Waals surface area contributed by atoms with Crippen molar-refractivity contribution in [3.8, 4) is 5.75 Å². The maximum atomic E-state index is 12.5. The third-order valence-corrected chi connectivity index (χ3v) is 3.66. The van der Waals surface area contributed by atoms with E-state index in [1.165, 1.54) is 17.1 Å². The molecule has 2 rings (SSSR count). The molecule has 118 valence electrons. The summed E-state index contributed by atoms with van der Waals surface area (Å²) in [5.41, 5.74) is 1.13. The predicted octanol–water partition coefficient (Wildman–Crippen LogP) is 1.93. The quantitative estimate of drug-likeness (QED) is 0.375. The smallest absolute Gasteiger partial charge is 0.265 e. The summed E-state index contributed by atoms with van der Waals surface area (Å²) in [6.45, 7) is 7.42. The Bertz CT molecular complexity index is 737.